The number of benzene rings is 3. The number of nitrogens with zero attached hydrogens (tertiary/aromatic N) is 4. The maximum absolute atomic E-state index is 12.4. The van der Waals surface area contributed by atoms with Crippen molar-refractivity contribution in [3.63, 3.8) is 0 Å². The molecule has 6 rings (SSSR count). The number of hydrogen-bond donors (Lipinski definition) is 2. The normalized spacial score (nSPS) is 18.6. The smallest absolute Gasteiger partial charge is 0.437 e. The molecule has 1 saturated heterocycles. The summed E-state index contributed by atoms with van der Waals surface area (Å²) in [4.78, 5) is 34.2. The van der Waals surface area contributed by atoms with E-state index < -0.39 is 23.8 Å². The molecule has 1 atom stereocenters. The zero-order valence-corrected chi connectivity index (χ0v) is 29.3. The molecule has 1 fully saturated rings. The standard InChI is InChI=1S/C38H45N5O6/c1-36(2,3)48-35(46)41-33(40-34(44)45)43-18-8-9-30(43)32-39-31(42-49-32)26-12-11-25-21-27(14-13-24(25)20-26)47-22-23-10-15-28-29(19-23)38(6,7)17-16-37(28,4)5/h10-15,19-21,30H,8-9,16-18,22H2,1-7H3,(H,44,45)(H,40,41,46). The van der Waals surface area contributed by atoms with Gasteiger partial charge in [0.25, 0.3) is 0 Å². The Kier molecular flexibility index (Phi) is 8.89. The summed E-state index contributed by atoms with van der Waals surface area (Å²) in [6.07, 6.45) is 1.43. The van der Waals surface area contributed by atoms with Gasteiger partial charge in [-0.15, -0.1) is 4.99 Å². The molecule has 1 unspecified atom stereocenters. The molecule has 4 aromatic rings. The molecule has 11 heteroatoms. The number of nitrogens with one attached hydrogen (secondary N) is 1. The Morgan fingerprint density at radius 1 is 1.00 bits per heavy atom. The Labute approximate surface area is 286 Å². The van der Waals surface area contributed by atoms with Gasteiger partial charge in [-0.1, -0.05) is 69.2 Å². The van der Waals surface area contributed by atoms with Gasteiger partial charge in [-0.3, -0.25) is 5.32 Å². The molecule has 258 valence electrons. The molecule has 2 amide bonds. The van der Waals surface area contributed by atoms with Gasteiger partial charge < -0.3 is 24.0 Å². The van der Waals surface area contributed by atoms with E-state index in [1.165, 1.54) is 24.0 Å². The van der Waals surface area contributed by atoms with Crippen LogP contribution in [0.5, 0.6) is 5.75 Å². The van der Waals surface area contributed by atoms with Crippen molar-refractivity contribution >= 4 is 28.9 Å². The Hall–Kier alpha value is -4.93. The Balaban J connectivity index is 1.16. The summed E-state index contributed by atoms with van der Waals surface area (Å²) < 4.78 is 17.2. The average Bonchev–Trinajstić information content (AvgIpc) is 3.71. The lowest BCUT2D eigenvalue weighted by Gasteiger charge is -2.42. The summed E-state index contributed by atoms with van der Waals surface area (Å²) in [5.74, 6) is 1.35. The van der Waals surface area contributed by atoms with Crippen molar-refractivity contribution in [3.05, 3.63) is 77.2 Å². The van der Waals surface area contributed by atoms with Gasteiger partial charge in [-0.05, 0) is 103 Å². The average molecular weight is 668 g/mol. The molecule has 2 aliphatic rings. The number of rotatable bonds is 5. The SMILES string of the molecule is CC(C)(C)OC(=O)N=C(NC(=O)O)N1CCCC1c1nc(-c2ccc3cc(OCc4ccc5c(c4)C(C)(C)CCC5(C)C)ccc3c2)no1. The highest BCUT2D eigenvalue weighted by Crippen LogP contribution is 2.46. The molecule has 0 radical (unpaired) electrons. The van der Waals surface area contributed by atoms with Crippen LogP contribution in [0.15, 0.2) is 64.1 Å². The molecule has 1 aliphatic carbocycles. The van der Waals surface area contributed by atoms with E-state index in [-0.39, 0.29) is 16.8 Å². The lowest BCUT2D eigenvalue weighted by atomic mass is 9.63. The van der Waals surface area contributed by atoms with Crippen LogP contribution >= 0.6 is 0 Å². The van der Waals surface area contributed by atoms with Crippen LogP contribution in [0.25, 0.3) is 22.2 Å². The van der Waals surface area contributed by atoms with E-state index in [1.807, 2.05) is 36.4 Å². The Bertz CT molecular complexity index is 1920. The summed E-state index contributed by atoms with van der Waals surface area (Å²) in [6.45, 7) is 15.4. The number of carboxylic acid groups (broad SMARTS) is 1. The Morgan fingerprint density at radius 2 is 1.71 bits per heavy atom. The molecule has 1 aromatic heterocycles. The second kappa shape index (κ2) is 12.8. The van der Waals surface area contributed by atoms with Crippen LogP contribution < -0.4 is 10.1 Å². The van der Waals surface area contributed by atoms with Gasteiger partial charge in [0.2, 0.25) is 17.7 Å². The first-order chi connectivity index (χ1) is 23.1. The number of hydrogen-bond acceptors (Lipinski definition) is 7. The fourth-order valence-corrected chi connectivity index (χ4v) is 6.74. The quantitative estimate of drug-likeness (QED) is 0.158. The monoisotopic (exact) mass is 667 g/mol. The number of likely N-dealkylation sites (tertiary alicyclic amines) is 1. The van der Waals surface area contributed by atoms with E-state index in [9.17, 15) is 14.7 Å². The number of aliphatic imine (C=N–C) groups is 1. The predicted molar refractivity (Wildman–Crippen MR) is 187 cm³/mol. The van der Waals surface area contributed by atoms with Gasteiger partial charge >= 0.3 is 12.2 Å². The van der Waals surface area contributed by atoms with Crippen LogP contribution in [0.4, 0.5) is 9.59 Å². The minimum Gasteiger partial charge on any atom is -0.489 e. The molecule has 0 spiro atoms. The maximum Gasteiger partial charge on any atom is 0.437 e. The van der Waals surface area contributed by atoms with E-state index >= 15 is 0 Å². The van der Waals surface area contributed by atoms with Crippen molar-refractivity contribution in [1.29, 1.82) is 0 Å². The van der Waals surface area contributed by atoms with E-state index in [0.717, 1.165) is 27.6 Å². The fraction of sp³-hybridized carbons (Fsp3) is 0.447. The number of guanidine groups is 1. The molecule has 0 bridgehead atoms. The summed E-state index contributed by atoms with van der Waals surface area (Å²) in [6, 6.07) is 18.3. The summed E-state index contributed by atoms with van der Waals surface area (Å²) >= 11 is 0. The number of fused-ring (bicyclic) bond motifs is 2. The number of carbonyl (C=O) groups is 2. The highest BCUT2D eigenvalue weighted by molar-refractivity contribution is 5.98. The lowest BCUT2D eigenvalue weighted by molar-refractivity contribution is 0.0600. The number of aromatic nitrogens is 2. The molecule has 2 N–H and O–H groups in total. The second-order valence-electron chi connectivity index (χ2n) is 15.3. The largest absolute Gasteiger partial charge is 0.489 e. The highest BCUT2D eigenvalue weighted by atomic mass is 16.6. The van der Waals surface area contributed by atoms with Crippen molar-refractivity contribution in [2.45, 2.75) is 103 Å². The molecular formula is C38H45N5O6. The van der Waals surface area contributed by atoms with Crippen LogP contribution in [-0.4, -0.2) is 50.4 Å². The zero-order chi connectivity index (χ0) is 35.1. The van der Waals surface area contributed by atoms with Gasteiger partial charge in [-0.25, -0.2) is 9.59 Å². The van der Waals surface area contributed by atoms with Crippen molar-refractivity contribution in [3.8, 4) is 17.1 Å². The van der Waals surface area contributed by atoms with Crippen LogP contribution in [0.3, 0.4) is 0 Å². The van der Waals surface area contributed by atoms with Gasteiger partial charge in [0.05, 0.1) is 0 Å². The van der Waals surface area contributed by atoms with E-state index in [2.05, 4.69) is 66.3 Å². The summed E-state index contributed by atoms with van der Waals surface area (Å²) in [5.41, 5.74) is 4.34. The van der Waals surface area contributed by atoms with Gasteiger partial charge in [0, 0.05) is 12.1 Å². The zero-order valence-electron chi connectivity index (χ0n) is 29.3. The molecule has 3 aromatic carbocycles. The molecule has 11 nitrogen and oxygen atoms in total. The molecule has 49 heavy (non-hydrogen) atoms. The molecule has 0 saturated carbocycles. The number of amides is 2. The number of ether oxygens (including phenoxy) is 2. The first-order valence-corrected chi connectivity index (χ1v) is 16.8. The minimum absolute atomic E-state index is 0.146. The number of carbonyl (C=O) groups excluding carboxylic acids is 1. The second-order valence-corrected chi connectivity index (χ2v) is 15.3. The molecule has 1 aliphatic heterocycles. The van der Waals surface area contributed by atoms with Crippen molar-refractivity contribution in [1.82, 2.24) is 20.4 Å². The minimum atomic E-state index is -1.35. The van der Waals surface area contributed by atoms with Crippen LogP contribution in [-0.2, 0) is 22.2 Å². The van der Waals surface area contributed by atoms with Gasteiger partial charge in [-0.2, -0.15) is 4.98 Å². The summed E-state index contributed by atoms with van der Waals surface area (Å²) in [5, 5.41) is 17.9. The third-order valence-electron chi connectivity index (χ3n) is 9.45. The third-order valence-corrected chi connectivity index (χ3v) is 9.45. The summed E-state index contributed by atoms with van der Waals surface area (Å²) in [7, 11) is 0. The third kappa shape index (κ3) is 7.55. The van der Waals surface area contributed by atoms with Crippen LogP contribution in [0.2, 0.25) is 0 Å². The van der Waals surface area contributed by atoms with E-state index in [0.29, 0.717) is 37.7 Å². The molecular weight excluding hydrogens is 622 g/mol. The first-order valence-electron chi connectivity index (χ1n) is 16.8. The van der Waals surface area contributed by atoms with E-state index in [4.69, 9.17) is 14.0 Å². The van der Waals surface area contributed by atoms with Crippen LogP contribution in [0.1, 0.15) is 103 Å². The van der Waals surface area contributed by atoms with Crippen molar-refractivity contribution < 1.29 is 28.7 Å². The predicted octanol–water partition coefficient (Wildman–Crippen LogP) is 8.51. The fourth-order valence-electron chi connectivity index (χ4n) is 6.74. The first kappa shape index (κ1) is 34.0. The van der Waals surface area contributed by atoms with E-state index in [1.54, 1.807) is 25.7 Å². The van der Waals surface area contributed by atoms with Crippen LogP contribution in [0, 0.1) is 0 Å². The van der Waals surface area contributed by atoms with Gasteiger partial charge in [0.1, 0.15) is 24.0 Å². The van der Waals surface area contributed by atoms with Crippen molar-refractivity contribution in [2.75, 3.05) is 6.54 Å². The molecule has 2 heterocycles. The van der Waals surface area contributed by atoms with Gasteiger partial charge in [0.15, 0.2) is 0 Å². The Morgan fingerprint density at radius 3 is 2.45 bits per heavy atom. The maximum atomic E-state index is 12.4. The van der Waals surface area contributed by atoms with Crippen molar-refractivity contribution in [2.24, 2.45) is 4.99 Å². The highest BCUT2D eigenvalue weighted by Gasteiger charge is 2.37. The topological polar surface area (TPSA) is 139 Å². The lowest BCUT2D eigenvalue weighted by Crippen LogP contribution is -2.44.